The van der Waals surface area contributed by atoms with Crippen molar-refractivity contribution in [1.82, 2.24) is 0 Å². The molecule has 0 radical (unpaired) electrons. The monoisotopic (exact) mass is 354 g/mol. The van der Waals surface area contributed by atoms with E-state index in [1.807, 2.05) is 38.1 Å². The van der Waals surface area contributed by atoms with Crippen LogP contribution in [-0.2, 0) is 6.61 Å². The van der Waals surface area contributed by atoms with E-state index in [1.54, 1.807) is 13.2 Å². The van der Waals surface area contributed by atoms with E-state index in [1.165, 1.54) is 0 Å². The summed E-state index contributed by atoms with van der Waals surface area (Å²) in [6, 6.07) is 9.53. The van der Waals surface area contributed by atoms with Crippen LogP contribution in [0.4, 0.5) is 0 Å². The Bertz CT molecular complexity index is 603. The van der Waals surface area contributed by atoms with Gasteiger partial charge in [-0.25, -0.2) is 0 Å². The topological polar surface area (TPSA) is 18.5 Å². The number of halogens is 2. The summed E-state index contributed by atoms with van der Waals surface area (Å²) in [5, 5.41) is 0.674. The van der Waals surface area contributed by atoms with E-state index in [0.717, 1.165) is 32.7 Å². The number of hydrogen-bond acceptors (Lipinski definition) is 2. The predicted octanol–water partition coefficient (Wildman–Crippen LogP) is 5.31. The second kappa shape index (κ2) is 6.51. The summed E-state index contributed by atoms with van der Waals surface area (Å²) in [6.07, 6.45) is 0. The minimum Gasteiger partial charge on any atom is -0.496 e. The van der Waals surface area contributed by atoms with Crippen molar-refractivity contribution in [1.29, 1.82) is 0 Å². The molecule has 0 heterocycles. The maximum absolute atomic E-state index is 6.01. The molecule has 0 bridgehead atoms. The largest absolute Gasteiger partial charge is 0.496 e. The summed E-state index contributed by atoms with van der Waals surface area (Å²) >= 11 is 9.56. The molecule has 0 N–H and O–H groups in total. The molecule has 20 heavy (non-hydrogen) atoms. The first-order valence-corrected chi connectivity index (χ1v) is 7.40. The Kier molecular flexibility index (Phi) is 4.95. The van der Waals surface area contributed by atoms with Gasteiger partial charge in [0.1, 0.15) is 18.1 Å². The van der Waals surface area contributed by atoms with E-state index in [0.29, 0.717) is 11.6 Å². The molecule has 0 aliphatic heterocycles. The standard InChI is InChI=1S/C16H16BrClO2/c1-10-6-14(7-11(2)16(10)17)20-9-12-8-13(18)4-5-15(12)19-3/h4-8H,9H2,1-3H3. The van der Waals surface area contributed by atoms with Gasteiger partial charge in [0.25, 0.3) is 0 Å². The van der Waals surface area contributed by atoms with Gasteiger partial charge in [0, 0.05) is 15.1 Å². The molecule has 106 valence electrons. The molecule has 0 atom stereocenters. The number of hydrogen-bond donors (Lipinski definition) is 0. The van der Waals surface area contributed by atoms with Crippen LogP contribution in [0.1, 0.15) is 16.7 Å². The van der Waals surface area contributed by atoms with E-state index in [9.17, 15) is 0 Å². The summed E-state index contributed by atoms with van der Waals surface area (Å²) in [4.78, 5) is 0. The van der Waals surface area contributed by atoms with E-state index in [2.05, 4.69) is 15.9 Å². The van der Waals surface area contributed by atoms with Crippen molar-refractivity contribution in [2.75, 3.05) is 7.11 Å². The molecule has 0 aromatic heterocycles. The zero-order valence-corrected chi connectivity index (χ0v) is 14.0. The molecule has 4 heteroatoms. The maximum atomic E-state index is 6.01. The van der Waals surface area contributed by atoms with Crippen molar-refractivity contribution >= 4 is 27.5 Å². The second-order valence-electron chi connectivity index (χ2n) is 4.62. The summed E-state index contributed by atoms with van der Waals surface area (Å²) < 4.78 is 12.3. The van der Waals surface area contributed by atoms with Gasteiger partial charge in [-0.1, -0.05) is 27.5 Å². The lowest BCUT2D eigenvalue weighted by molar-refractivity contribution is 0.296. The van der Waals surface area contributed by atoms with E-state index < -0.39 is 0 Å². The molecule has 0 fully saturated rings. The molecule has 0 aliphatic rings. The summed E-state index contributed by atoms with van der Waals surface area (Å²) in [5.41, 5.74) is 3.23. The zero-order chi connectivity index (χ0) is 14.7. The Balaban J connectivity index is 2.18. The fourth-order valence-electron chi connectivity index (χ4n) is 2.01. The van der Waals surface area contributed by atoms with Gasteiger partial charge in [-0.3, -0.25) is 0 Å². The molecule has 0 spiro atoms. The Morgan fingerprint density at radius 3 is 2.35 bits per heavy atom. The van der Waals surface area contributed by atoms with Crippen LogP contribution in [0.15, 0.2) is 34.8 Å². The molecule has 2 nitrogen and oxygen atoms in total. The van der Waals surface area contributed by atoms with Crippen molar-refractivity contribution in [3.63, 3.8) is 0 Å². The van der Waals surface area contributed by atoms with Gasteiger partial charge < -0.3 is 9.47 Å². The molecule has 2 aromatic rings. The predicted molar refractivity (Wildman–Crippen MR) is 86.0 cm³/mol. The van der Waals surface area contributed by atoms with Crippen molar-refractivity contribution in [2.24, 2.45) is 0 Å². The quantitative estimate of drug-likeness (QED) is 0.740. The number of rotatable bonds is 4. The van der Waals surface area contributed by atoms with Crippen molar-refractivity contribution in [3.05, 3.63) is 56.5 Å². The van der Waals surface area contributed by atoms with Crippen LogP contribution in [0.25, 0.3) is 0 Å². The smallest absolute Gasteiger partial charge is 0.125 e. The second-order valence-corrected chi connectivity index (χ2v) is 5.85. The maximum Gasteiger partial charge on any atom is 0.125 e. The molecule has 0 aliphatic carbocycles. The molecule has 2 rings (SSSR count). The zero-order valence-electron chi connectivity index (χ0n) is 11.7. The lowest BCUT2D eigenvalue weighted by Gasteiger charge is -2.12. The average molecular weight is 356 g/mol. The number of ether oxygens (including phenoxy) is 2. The first kappa shape index (κ1) is 15.2. The Labute approximate surface area is 132 Å². The Morgan fingerprint density at radius 1 is 1.10 bits per heavy atom. The molecule has 2 aromatic carbocycles. The van der Waals surface area contributed by atoms with Crippen molar-refractivity contribution < 1.29 is 9.47 Å². The highest BCUT2D eigenvalue weighted by Gasteiger charge is 2.07. The lowest BCUT2D eigenvalue weighted by atomic mass is 10.1. The van der Waals surface area contributed by atoms with Gasteiger partial charge in [-0.15, -0.1) is 0 Å². The average Bonchev–Trinajstić information content (AvgIpc) is 2.42. The number of benzene rings is 2. The molecule has 0 unspecified atom stereocenters. The van der Waals surface area contributed by atoms with Crippen LogP contribution in [0.5, 0.6) is 11.5 Å². The van der Waals surface area contributed by atoms with Crippen LogP contribution < -0.4 is 9.47 Å². The van der Waals surface area contributed by atoms with Gasteiger partial charge in [-0.05, 0) is 55.3 Å². The van der Waals surface area contributed by atoms with Gasteiger partial charge in [-0.2, -0.15) is 0 Å². The van der Waals surface area contributed by atoms with Crippen molar-refractivity contribution in [3.8, 4) is 11.5 Å². The fraction of sp³-hybridized carbons (Fsp3) is 0.250. The van der Waals surface area contributed by atoms with Gasteiger partial charge in [0.05, 0.1) is 7.11 Å². The highest BCUT2D eigenvalue weighted by molar-refractivity contribution is 9.10. The molecule has 0 amide bonds. The van der Waals surface area contributed by atoms with Gasteiger partial charge in [0.2, 0.25) is 0 Å². The van der Waals surface area contributed by atoms with E-state index in [-0.39, 0.29) is 0 Å². The molecular formula is C16H16BrClO2. The Hall–Kier alpha value is -1.19. The van der Waals surface area contributed by atoms with Crippen LogP contribution in [-0.4, -0.2) is 7.11 Å². The minimum absolute atomic E-state index is 0.421. The highest BCUT2D eigenvalue weighted by atomic mass is 79.9. The minimum atomic E-state index is 0.421. The van der Waals surface area contributed by atoms with E-state index >= 15 is 0 Å². The van der Waals surface area contributed by atoms with Crippen molar-refractivity contribution in [2.45, 2.75) is 20.5 Å². The molecular weight excluding hydrogens is 340 g/mol. The SMILES string of the molecule is COc1ccc(Cl)cc1COc1cc(C)c(Br)c(C)c1. The fourth-order valence-corrected chi connectivity index (χ4v) is 2.43. The third-order valence-electron chi connectivity index (χ3n) is 3.05. The summed E-state index contributed by atoms with van der Waals surface area (Å²) in [5.74, 6) is 1.62. The van der Waals surface area contributed by atoms with Crippen LogP contribution in [0, 0.1) is 13.8 Å². The number of aryl methyl sites for hydroxylation is 2. The first-order chi connectivity index (χ1) is 9.51. The van der Waals surface area contributed by atoms with Crippen LogP contribution in [0.3, 0.4) is 0 Å². The summed E-state index contributed by atoms with van der Waals surface area (Å²) in [7, 11) is 1.64. The third kappa shape index (κ3) is 3.47. The number of methoxy groups -OCH3 is 1. The lowest BCUT2D eigenvalue weighted by Crippen LogP contribution is -1.99. The van der Waals surface area contributed by atoms with Crippen LogP contribution >= 0.6 is 27.5 Å². The van der Waals surface area contributed by atoms with Gasteiger partial charge >= 0.3 is 0 Å². The summed E-state index contributed by atoms with van der Waals surface area (Å²) in [6.45, 7) is 4.51. The van der Waals surface area contributed by atoms with Crippen LogP contribution in [0.2, 0.25) is 5.02 Å². The first-order valence-electron chi connectivity index (χ1n) is 6.23. The highest BCUT2D eigenvalue weighted by Crippen LogP contribution is 2.28. The Morgan fingerprint density at radius 2 is 1.75 bits per heavy atom. The molecule has 0 saturated heterocycles. The third-order valence-corrected chi connectivity index (χ3v) is 4.53. The normalized spacial score (nSPS) is 10.4. The van der Waals surface area contributed by atoms with Gasteiger partial charge in [0.15, 0.2) is 0 Å². The van der Waals surface area contributed by atoms with E-state index in [4.69, 9.17) is 21.1 Å². The molecule has 0 saturated carbocycles.